The van der Waals surface area contributed by atoms with Gasteiger partial charge in [-0.1, -0.05) is 74.3 Å². The monoisotopic (exact) mass is 270 g/mol. The molecule has 0 N–H and O–H groups in total. The topological polar surface area (TPSA) is 0 Å². The largest absolute Gasteiger partial charge is 0.0898 e. The van der Waals surface area contributed by atoms with Crippen LogP contribution >= 0.6 is 11.8 Å². The Morgan fingerprint density at radius 2 is 1.53 bits per heavy atom. The molecule has 1 heteroatoms. The Labute approximate surface area is 121 Å². The Morgan fingerprint density at radius 1 is 0.789 bits per heavy atom. The first-order valence-corrected chi connectivity index (χ1v) is 8.02. The highest BCUT2D eigenvalue weighted by atomic mass is 32.2. The van der Waals surface area contributed by atoms with Gasteiger partial charge in [0.05, 0.1) is 0 Å². The second kappa shape index (κ2) is 8.06. The van der Waals surface area contributed by atoms with E-state index in [4.69, 9.17) is 0 Å². The van der Waals surface area contributed by atoms with E-state index in [1.165, 1.54) is 47.5 Å². The minimum absolute atomic E-state index is 1.20. The van der Waals surface area contributed by atoms with Crippen molar-refractivity contribution < 1.29 is 0 Å². The molecule has 0 amide bonds. The summed E-state index contributed by atoms with van der Waals surface area (Å²) in [6.45, 7) is 2.26. The second-order valence-electron chi connectivity index (χ2n) is 4.83. The highest BCUT2D eigenvalue weighted by Gasteiger charge is 2.03. The molecular formula is C18H22S. The summed E-state index contributed by atoms with van der Waals surface area (Å²) < 4.78 is 0. The number of benzene rings is 2. The van der Waals surface area contributed by atoms with Gasteiger partial charge in [-0.2, -0.15) is 0 Å². The molecule has 0 bridgehead atoms. The van der Waals surface area contributed by atoms with Crippen molar-refractivity contribution in [3.05, 3.63) is 60.2 Å². The molecule has 0 heterocycles. The van der Waals surface area contributed by atoms with Crippen LogP contribution in [0.3, 0.4) is 0 Å². The van der Waals surface area contributed by atoms with Gasteiger partial charge in [-0.25, -0.2) is 0 Å². The molecule has 0 spiro atoms. The Hall–Kier alpha value is -1.21. The van der Waals surface area contributed by atoms with Crippen molar-refractivity contribution >= 4 is 11.8 Å². The Kier molecular flexibility index (Phi) is 6.03. The van der Waals surface area contributed by atoms with Gasteiger partial charge in [0, 0.05) is 9.79 Å². The van der Waals surface area contributed by atoms with Gasteiger partial charge in [-0.15, -0.1) is 0 Å². The maximum absolute atomic E-state index is 2.28. The molecule has 0 nitrogen and oxygen atoms in total. The number of hydrogen-bond acceptors (Lipinski definition) is 1. The SMILES string of the molecule is CCCCCCc1ccccc1Sc1ccccc1. The van der Waals surface area contributed by atoms with Crippen LogP contribution in [0, 0.1) is 0 Å². The Morgan fingerprint density at radius 3 is 2.32 bits per heavy atom. The van der Waals surface area contributed by atoms with Crippen LogP contribution in [-0.2, 0) is 6.42 Å². The molecule has 0 aromatic heterocycles. The molecule has 0 aliphatic carbocycles. The highest BCUT2D eigenvalue weighted by molar-refractivity contribution is 7.99. The van der Waals surface area contributed by atoms with Gasteiger partial charge in [0.25, 0.3) is 0 Å². The smallest absolute Gasteiger partial charge is 0.0154 e. The lowest BCUT2D eigenvalue weighted by Crippen LogP contribution is -1.89. The second-order valence-corrected chi connectivity index (χ2v) is 5.95. The molecule has 0 saturated heterocycles. The van der Waals surface area contributed by atoms with E-state index in [2.05, 4.69) is 61.5 Å². The van der Waals surface area contributed by atoms with Crippen LogP contribution in [0.15, 0.2) is 64.4 Å². The van der Waals surface area contributed by atoms with Crippen molar-refractivity contribution in [2.45, 2.75) is 48.8 Å². The average Bonchev–Trinajstić information content (AvgIpc) is 2.46. The van der Waals surface area contributed by atoms with E-state index in [0.717, 1.165) is 0 Å². The normalized spacial score (nSPS) is 10.6. The predicted molar refractivity (Wildman–Crippen MR) is 84.9 cm³/mol. The van der Waals surface area contributed by atoms with Crippen molar-refractivity contribution in [1.29, 1.82) is 0 Å². The van der Waals surface area contributed by atoms with E-state index in [1.807, 2.05) is 11.8 Å². The van der Waals surface area contributed by atoms with Crippen LogP contribution < -0.4 is 0 Å². The van der Waals surface area contributed by atoms with Gasteiger partial charge in [0.2, 0.25) is 0 Å². The third-order valence-electron chi connectivity index (χ3n) is 3.24. The molecule has 0 saturated carbocycles. The van der Waals surface area contributed by atoms with Crippen molar-refractivity contribution in [3.63, 3.8) is 0 Å². The van der Waals surface area contributed by atoms with E-state index < -0.39 is 0 Å². The highest BCUT2D eigenvalue weighted by Crippen LogP contribution is 2.30. The van der Waals surface area contributed by atoms with Gasteiger partial charge in [0.15, 0.2) is 0 Å². The number of aryl methyl sites for hydroxylation is 1. The lowest BCUT2D eigenvalue weighted by atomic mass is 10.1. The van der Waals surface area contributed by atoms with Crippen molar-refractivity contribution in [2.24, 2.45) is 0 Å². The van der Waals surface area contributed by atoms with E-state index in [-0.39, 0.29) is 0 Å². The Balaban J connectivity index is 2.00. The van der Waals surface area contributed by atoms with Gasteiger partial charge < -0.3 is 0 Å². The van der Waals surface area contributed by atoms with Crippen molar-refractivity contribution in [1.82, 2.24) is 0 Å². The lowest BCUT2D eigenvalue weighted by Gasteiger charge is -2.09. The first-order chi connectivity index (χ1) is 9.40. The van der Waals surface area contributed by atoms with Gasteiger partial charge in [0.1, 0.15) is 0 Å². The summed E-state index contributed by atoms with van der Waals surface area (Å²) in [6, 6.07) is 19.4. The summed E-state index contributed by atoms with van der Waals surface area (Å²) in [5.41, 5.74) is 1.49. The van der Waals surface area contributed by atoms with Crippen LogP contribution in [0.1, 0.15) is 38.2 Å². The molecule has 0 aliphatic heterocycles. The lowest BCUT2D eigenvalue weighted by molar-refractivity contribution is 0.663. The molecule has 0 atom stereocenters. The van der Waals surface area contributed by atoms with Gasteiger partial charge >= 0.3 is 0 Å². The third kappa shape index (κ3) is 4.76. The number of hydrogen-bond donors (Lipinski definition) is 0. The molecule has 2 rings (SSSR count). The molecule has 0 unspecified atom stereocenters. The molecule has 0 aliphatic rings. The minimum atomic E-state index is 1.20. The fourth-order valence-electron chi connectivity index (χ4n) is 2.17. The third-order valence-corrected chi connectivity index (χ3v) is 4.37. The van der Waals surface area contributed by atoms with E-state index in [1.54, 1.807) is 0 Å². The number of rotatable bonds is 7. The summed E-state index contributed by atoms with van der Waals surface area (Å²) in [7, 11) is 0. The fraction of sp³-hybridized carbons (Fsp3) is 0.333. The van der Waals surface area contributed by atoms with Crippen molar-refractivity contribution in [2.75, 3.05) is 0 Å². The molecule has 19 heavy (non-hydrogen) atoms. The molecule has 0 fully saturated rings. The molecule has 0 radical (unpaired) electrons. The molecule has 2 aromatic carbocycles. The summed E-state index contributed by atoms with van der Waals surface area (Å²) in [6.07, 6.45) is 6.52. The van der Waals surface area contributed by atoms with E-state index >= 15 is 0 Å². The van der Waals surface area contributed by atoms with Crippen LogP contribution in [0.2, 0.25) is 0 Å². The summed E-state index contributed by atoms with van der Waals surface area (Å²) in [5, 5.41) is 0. The van der Waals surface area contributed by atoms with Crippen LogP contribution in [0.4, 0.5) is 0 Å². The number of unbranched alkanes of at least 4 members (excludes halogenated alkanes) is 3. The summed E-state index contributed by atoms with van der Waals surface area (Å²) in [5.74, 6) is 0. The van der Waals surface area contributed by atoms with Gasteiger partial charge in [-0.3, -0.25) is 0 Å². The minimum Gasteiger partial charge on any atom is -0.0898 e. The predicted octanol–water partition coefficient (Wildman–Crippen LogP) is 5.96. The zero-order valence-electron chi connectivity index (χ0n) is 11.6. The van der Waals surface area contributed by atoms with Gasteiger partial charge in [-0.05, 0) is 36.6 Å². The first-order valence-electron chi connectivity index (χ1n) is 7.21. The molecule has 2 aromatic rings. The van der Waals surface area contributed by atoms with Crippen LogP contribution in [0.5, 0.6) is 0 Å². The maximum atomic E-state index is 2.28. The van der Waals surface area contributed by atoms with Crippen molar-refractivity contribution in [3.8, 4) is 0 Å². The zero-order chi connectivity index (χ0) is 13.3. The van der Waals surface area contributed by atoms with Crippen LogP contribution in [-0.4, -0.2) is 0 Å². The zero-order valence-corrected chi connectivity index (χ0v) is 12.5. The quantitative estimate of drug-likeness (QED) is 0.559. The average molecular weight is 270 g/mol. The standard InChI is InChI=1S/C18H22S/c1-2-3-4-6-11-16-12-9-10-15-18(16)19-17-13-7-5-8-14-17/h5,7-10,12-15H,2-4,6,11H2,1H3. The molecular weight excluding hydrogens is 248 g/mol. The fourth-order valence-corrected chi connectivity index (χ4v) is 3.16. The Bertz CT molecular complexity index is 476. The maximum Gasteiger partial charge on any atom is 0.0154 e. The summed E-state index contributed by atoms with van der Waals surface area (Å²) >= 11 is 1.88. The summed E-state index contributed by atoms with van der Waals surface area (Å²) in [4.78, 5) is 2.73. The van der Waals surface area contributed by atoms with E-state index in [0.29, 0.717) is 0 Å². The molecule has 100 valence electrons. The van der Waals surface area contributed by atoms with Crippen LogP contribution in [0.25, 0.3) is 0 Å². The van der Waals surface area contributed by atoms with E-state index in [9.17, 15) is 0 Å². The first kappa shape index (κ1) is 14.2.